The second kappa shape index (κ2) is 64.1. The Morgan fingerprint density at radius 2 is 0.519 bits per heavy atom. The monoisotopic (exact) mass is 1060 g/mol. The van der Waals surface area contributed by atoms with Gasteiger partial charge in [0, 0.05) is 19.3 Å². The molecule has 0 aliphatic rings. The molecule has 0 fully saturated rings. The highest BCUT2D eigenvalue weighted by Crippen LogP contribution is 2.14. The van der Waals surface area contributed by atoms with Crippen molar-refractivity contribution in [3.8, 4) is 0 Å². The molecule has 0 aliphatic heterocycles. The lowest BCUT2D eigenvalue weighted by molar-refractivity contribution is -0.167. The first-order chi connectivity index (χ1) is 38.0. The van der Waals surface area contributed by atoms with E-state index in [9.17, 15) is 14.4 Å². The van der Waals surface area contributed by atoms with Gasteiger partial charge in [-0.2, -0.15) is 0 Å². The fourth-order valence-electron chi connectivity index (χ4n) is 8.37. The molecule has 0 aromatic heterocycles. The highest BCUT2D eigenvalue weighted by atomic mass is 16.6. The molecule has 6 nitrogen and oxygen atoms in total. The summed E-state index contributed by atoms with van der Waals surface area (Å²) < 4.78 is 16.9. The van der Waals surface area contributed by atoms with Crippen molar-refractivity contribution in [3.05, 3.63) is 134 Å². The lowest BCUT2D eigenvalue weighted by atomic mass is 10.1. The third-order valence-corrected chi connectivity index (χ3v) is 13.1. The zero-order chi connectivity index (χ0) is 55.7. The second-order valence-electron chi connectivity index (χ2n) is 20.6. The molecule has 0 spiro atoms. The van der Waals surface area contributed by atoms with E-state index in [1.165, 1.54) is 103 Å². The minimum absolute atomic E-state index is 0.112. The molecule has 0 aliphatic carbocycles. The molecule has 0 amide bonds. The summed E-state index contributed by atoms with van der Waals surface area (Å²) in [5.74, 6) is -0.996. The van der Waals surface area contributed by atoms with Crippen molar-refractivity contribution in [2.24, 2.45) is 0 Å². The van der Waals surface area contributed by atoms with E-state index in [2.05, 4.69) is 154 Å². The Labute approximate surface area is 475 Å². The molecule has 0 heterocycles. The summed E-state index contributed by atoms with van der Waals surface area (Å²) >= 11 is 0. The summed E-state index contributed by atoms with van der Waals surface area (Å²) in [6.07, 6.45) is 90.2. The third-order valence-electron chi connectivity index (χ3n) is 13.1. The Balaban J connectivity index is 4.53. The Morgan fingerprint density at radius 1 is 0.273 bits per heavy atom. The summed E-state index contributed by atoms with van der Waals surface area (Å²) in [6.45, 7) is 6.44. The van der Waals surface area contributed by atoms with Gasteiger partial charge in [-0.05, 0) is 135 Å². The van der Waals surface area contributed by atoms with Crippen LogP contribution in [0.2, 0.25) is 0 Å². The lowest BCUT2D eigenvalue weighted by Crippen LogP contribution is -2.30. The van der Waals surface area contributed by atoms with Crippen LogP contribution >= 0.6 is 0 Å². The molecule has 77 heavy (non-hydrogen) atoms. The van der Waals surface area contributed by atoms with Gasteiger partial charge in [-0.25, -0.2) is 0 Å². The topological polar surface area (TPSA) is 78.9 Å². The maximum Gasteiger partial charge on any atom is 0.306 e. The van der Waals surface area contributed by atoms with E-state index in [1.807, 2.05) is 0 Å². The number of ether oxygens (including phenoxy) is 3. The van der Waals surface area contributed by atoms with Crippen LogP contribution in [0.4, 0.5) is 0 Å². The van der Waals surface area contributed by atoms with Crippen molar-refractivity contribution in [1.82, 2.24) is 0 Å². The molecule has 6 heteroatoms. The number of esters is 3. The molecule has 1 atom stereocenters. The number of hydrogen-bond donors (Lipinski definition) is 0. The van der Waals surface area contributed by atoms with Crippen LogP contribution in [0.3, 0.4) is 0 Å². The lowest BCUT2D eigenvalue weighted by Gasteiger charge is -2.18. The van der Waals surface area contributed by atoms with Gasteiger partial charge in [0.25, 0.3) is 0 Å². The average Bonchev–Trinajstić information content (AvgIpc) is 3.43. The Kier molecular flexibility index (Phi) is 60.4. The van der Waals surface area contributed by atoms with Crippen molar-refractivity contribution in [1.29, 1.82) is 0 Å². The largest absolute Gasteiger partial charge is 0.462 e. The summed E-state index contributed by atoms with van der Waals surface area (Å²) in [7, 11) is 0. The quantitative estimate of drug-likeness (QED) is 0.0261. The van der Waals surface area contributed by atoms with Crippen molar-refractivity contribution >= 4 is 17.9 Å². The molecule has 0 aromatic carbocycles. The molecule has 0 N–H and O–H groups in total. The normalized spacial score (nSPS) is 13.0. The van der Waals surface area contributed by atoms with Crippen molar-refractivity contribution < 1.29 is 28.6 Å². The molecular formula is C71H116O6. The van der Waals surface area contributed by atoms with Crippen molar-refractivity contribution in [2.75, 3.05) is 13.2 Å². The van der Waals surface area contributed by atoms with Crippen LogP contribution in [0.15, 0.2) is 134 Å². The standard InChI is InChI=1S/C71H116O6/c1-4-7-10-13-16-19-22-25-28-31-33-35-37-40-43-46-49-52-55-58-61-64-70(73)76-67-68(66-75-69(72)63-60-57-54-51-48-45-42-39-30-27-24-21-18-15-12-9-6-3)77-71(74)65-62-59-56-53-50-47-44-41-38-36-34-32-29-26-23-20-17-14-11-8-5-2/h9,12,18,21-23,25-27,30-34,37-38,40-42,45,51,54,68H,4-8,10-11,13-17,19-20,24,28-29,35-36,39,43-44,46-50,52-53,55-67H2,1-3H3/b12-9-,21-18-,25-22-,26-23-,30-27-,33-31-,34-32-,40-37-,41-38-,45-42-,54-51-. The summed E-state index contributed by atoms with van der Waals surface area (Å²) in [4.78, 5) is 38.3. The van der Waals surface area contributed by atoms with E-state index < -0.39 is 6.10 Å². The number of unbranched alkanes of at least 4 members (excludes halogenated alkanes) is 23. The molecule has 0 radical (unpaired) electrons. The fourth-order valence-corrected chi connectivity index (χ4v) is 8.37. The van der Waals surface area contributed by atoms with E-state index in [0.29, 0.717) is 19.3 Å². The molecule has 436 valence electrons. The summed E-state index contributed by atoms with van der Waals surface area (Å²) in [5.41, 5.74) is 0. The van der Waals surface area contributed by atoms with Crippen LogP contribution in [0, 0.1) is 0 Å². The van der Waals surface area contributed by atoms with Crippen molar-refractivity contribution in [2.45, 2.75) is 284 Å². The Morgan fingerprint density at radius 3 is 0.844 bits per heavy atom. The van der Waals surface area contributed by atoms with Crippen LogP contribution in [-0.2, 0) is 28.6 Å². The van der Waals surface area contributed by atoms with Gasteiger partial charge in [0.15, 0.2) is 6.10 Å². The molecule has 0 bridgehead atoms. The smallest absolute Gasteiger partial charge is 0.306 e. The number of rotatable bonds is 56. The van der Waals surface area contributed by atoms with Gasteiger partial charge in [-0.1, -0.05) is 257 Å². The Hall–Kier alpha value is -4.45. The van der Waals surface area contributed by atoms with E-state index in [1.54, 1.807) is 0 Å². The van der Waals surface area contributed by atoms with E-state index in [4.69, 9.17) is 14.2 Å². The number of hydrogen-bond acceptors (Lipinski definition) is 6. The number of allylic oxidation sites excluding steroid dienone is 22. The summed E-state index contributed by atoms with van der Waals surface area (Å²) in [5, 5.41) is 0. The zero-order valence-electron chi connectivity index (χ0n) is 49.9. The van der Waals surface area contributed by atoms with Gasteiger partial charge >= 0.3 is 17.9 Å². The summed E-state index contributed by atoms with van der Waals surface area (Å²) in [6, 6.07) is 0. The Bertz CT molecular complexity index is 1650. The van der Waals surface area contributed by atoms with Gasteiger partial charge in [-0.15, -0.1) is 0 Å². The number of carbonyl (C=O) groups is 3. The van der Waals surface area contributed by atoms with Gasteiger partial charge in [-0.3, -0.25) is 14.4 Å². The molecule has 0 aromatic rings. The molecule has 0 rings (SSSR count). The van der Waals surface area contributed by atoms with Crippen LogP contribution in [0.1, 0.15) is 278 Å². The van der Waals surface area contributed by atoms with Gasteiger partial charge in [0.2, 0.25) is 0 Å². The van der Waals surface area contributed by atoms with Gasteiger partial charge in [0.05, 0.1) is 0 Å². The first-order valence-electron chi connectivity index (χ1n) is 31.7. The van der Waals surface area contributed by atoms with Crippen LogP contribution in [0.25, 0.3) is 0 Å². The van der Waals surface area contributed by atoms with Gasteiger partial charge < -0.3 is 14.2 Å². The minimum Gasteiger partial charge on any atom is -0.462 e. The molecular weight excluding hydrogens is 949 g/mol. The zero-order valence-corrected chi connectivity index (χ0v) is 49.9. The van der Waals surface area contributed by atoms with Crippen LogP contribution < -0.4 is 0 Å². The van der Waals surface area contributed by atoms with E-state index >= 15 is 0 Å². The van der Waals surface area contributed by atoms with E-state index in [0.717, 1.165) is 128 Å². The van der Waals surface area contributed by atoms with E-state index in [-0.39, 0.29) is 37.5 Å². The predicted octanol–water partition coefficient (Wildman–Crippen LogP) is 21.8. The van der Waals surface area contributed by atoms with Crippen LogP contribution in [0.5, 0.6) is 0 Å². The van der Waals surface area contributed by atoms with Crippen LogP contribution in [-0.4, -0.2) is 37.2 Å². The molecule has 1 unspecified atom stereocenters. The fraction of sp³-hybridized carbons (Fsp3) is 0.648. The number of carbonyl (C=O) groups excluding carboxylic acids is 3. The molecule has 0 saturated heterocycles. The highest BCUT2D eigenvalue weighted by molar-refractivity contribution is 5.71. The second-order valence-corrected chi connectivity index (χ2v) is 20.6. The third kappa shape index (κ3) is 62.3. The maximum absolute atomic E-state index is 12.9. The van der Waals surface area contributed by atoms with Crippen molar-refractivity contribution in [3.63, 3.8) is 0 Å². The van der Waals surface area contributed by atoms with Gasteiger partial charge in [0.1, 0.15) is 13.2 Å². The maximum atomic E-state index is 12.9. The first kappa shape index (κ1) is 72.5. The first-order valence-corrected chi connectivity index (χ1v) is 31.7. The average molecular weight is 1070 g/mol. The SMILES string of the molecule is CC/C=C\C/C=C\C/C=C\C/C=C\C/C=C\CCCC(=O)OCC(COC(=O)CCCCCCCC/C=C\C/C=C\C/C=C\CCCCCCC)OC(=O)CCCCCCCC/C=C\C/C=C\C/C=C\CCCCCCC. The molecule has 0 saturated carbocycles. The minimum atomic E-state index is -0.821. The predicted molar refractivity (Wildman–Crippen MR) is 334 cm³/mol. The highest BCUT2D eigenvalue weighted by Gasteiger charge is 2.19.